The van der Waals surface area contributed by atoms with Crippen LogP contribution in [0, 0.1) is 5.82 Å². The van der Waals surface area contributed by atoms with Crippen LogP contribution in [0.5, 0.6) is 0 Å². The molecule has 0 aromatic heterocycles. The van der Waals surface area contributed by atoms with Gasteiger partial charge in [-0.3, -0.25) is 4.79 Å². The van der Waals surface area contributed by atoms with E-state index in [0.29, 0.717) is 5.69 Å². The first kappa shape index (κ1) is 16.9. The van der Waals surface area contributed by atoms with Gasteiger partial charge in [-0.2, -0.15) is 0 Å². The molecule has 2 nitrogen and oxygen atoms in total. The molecule has 0 aliphatic heterocycles. The first-order valence-electron chi connectivity index (χ1n) is 7.72. The Morgan fingerprint density at radius 3 is 2.40 bits per heavy atom. The fourth-order valence-electron chi connectivity index (χ4n) is 2.46. The molecular formula is C21H15ClFNO. The third-order valence-electron chi connectivity index (χ3n) is 3.67. The summed E-state index contributed by atoms with van der Waals surface area (Å²) in [5.74, 6) is -0.830. The van der Waals surface area contributed by atoms with Gasteiger partial charge in [0, 0.05) is 22.9 Å². The fraction of sp³-hybridized carbons (Fsp3) is 0. The van der Waals surface area contributed by atoms with Crippen molar-refractivity contribution in [1.82, 2.24) is 0 Å². The van der Waals surface area contributed by atoms with Crippen LogP contribution in [0.3, 0.4) is 0 Å². The van der Waals surface area contributed by atoms with Gasteiger partial charge in [-0.25, -0.2) is 4.39 Å². The number of carbonyl (C=O) groups excluding carboxylic acids is 1. The Morgan fingerprint density at radius 2 is 1.64 bits per heavy atom. The molecule has 3 aromatic rings. The standard InChI is InChI=1S/C21H15ClFNO/c22-18-10-6-11-19(23)17(18)13-14-21(25)24-20-12-5-4-9-16(20)15-7-2-1-3-8-15/h1-14H,(H,24,25)/b14-13+. The number of anilines is 1. The smallest absolute Gasteiger partial charge is 0.248 e. The van der Waals surface area contributed by atoms with Gasteiger partial charge in [0.05, 0.1) is 5.02 Å². The number of benzene rings is 3. The number of rotatable bonds is 4. The van der Waals surface area contributed by atoms with Crippen molar-refractivity contribution in [2.75, 3.05) is 5.32 Å². The molecule has 0 heterocycles. The van der Waals surface area contributed by atoms with E-state index in [1.165, 1.54) is 24.3 Å². The molecule has 3 rings (SSSR count). The first-order valence-corrected chi connectivity index (χ1v) is 8.10. The van der Waals surface area contributed by atoms with E-state index in [0.717, 1.165) is 11.1 Å². The third-order valence-corrected chi connectivity index (χ3v) is 4.00. The van der Waals surface area contributed by atoms with Gasteiger partial charge in [-0.15, -0.1) is 0 Å². The highest BCUT2D eigenvalue weighted by molar-refractivity contribution is 6.32. The van der Waals surface area contributed by atoms with Crippen LogP contribution in [0.2, 0.25) is 5.02 Å². The molecule has 4 heteroatoms. The number of nitrogens with one attached hydrogen (secondary N) is 1. The van der Waals surface area contributed by atoms with E-state index in [9.17, 15) is 9.18 Å². The Hall–Kier alpha value is -2.91. The highest BCUT2D eigenvalue weighted by Gasteiger charge is 2.07. The molecule has 0 unspecified atom stereocenters. The topological polar surface area (TPSA) is 29.1 Å². The molecule has 0 saturated heterocycles. The Kier molecular flexibility index (Phi) is 5.26. The van der Waals surface area contributed by atoms with E-state index in [1.807, 2.05) is 54.6 Å². The molecule has 124 valence electrons. The Bertz CT molecular complexity index is 902. The number of para-hydroxylation sites is 1. The van der Waals surface area contributed by atoms with Gasteiger partial charge in [0.2, 0.25) is 5.91 Å². The minimum Gasteiger partial charge on any atom is -0.322 e. The van der Waals surface area contributed by atoms with Crippen molar-refractivity contribution in [2.24, 2.45) is 0 Å². The number of amides is 1. The number of hydrogen-bond acceptors (Lipinski definition) is 1. The Balaban J connectivity index is 1.82. The zero-order chi connectivity index (χ0) is 17.6. The summed E-state index contributed by atoms with van der Waals surface area (Å²) in [6, 6.07) is 21.7. The monoisotopic (exact) mass is 351 g/mol. The summed E-state index contributed by atoms with van der Waals surface area (Å²) in [5.41, 5.74) is 2.78. The molecule has 1 N–H and O–H groups in total. The summed E-state index contributed by atoms with van der Waals surface area (Å²) < 4.78 is 13.7. The molecule has 0 saturated carbocycles. The second kappa shape index (κ2) is 7.77. The lowest BCUT2D eigenvalue weighted by Crippen LogP contribution is -2.08. The molecule has 0 fully saturated rings. The van der Waals surface area contributed by atoms with Gasteiger partial charge >= 0.3 is 0 Å². The third kappa shape index (κ3) is 4.14. The second-order valence-corrected chi connectivity index (χ2v) is 5.78. The molecule has 0 atom stereocenters. The van der Waals surface area contributed by atoms with E-state index in [1.54, 1.807) is 6.07 Å². The highest BCUT2D eigenvalue weighted by Crippen LogP contribution is 2.27. The van der Waals surface area contributed by atoms with Crippen LogP contribution >= 0.6 is 11.6 Å². The summed E-state index contributed by atoms with van der Waals surface area (Å²) in [7, 11) is 0. The quantitative estimate of drug-likeness (QED) is 0.591. The molecular weight excluding hydrogens is 337 g/mol. The number of halogens is 2. The van der Waals surface area contributed by atoms with Crippen LogP contribution in [0.4, 0.5) is 10.1 Å². The van der Waals surface area contributed by atoms with Crippen molar-refractivity contribution in [3.8, 4) is 11.1 Å². The molecule has 0 bridgehead atoms. The van der Waals surface area contributed by atoms with Crippen LogP contribution in [-0.4, -0.2) is 5.91 Å². The maximum absolute atomic E-state index is 13.7. The molecule has 0 aliphatic carbocycles. The predicted octanol–water partition coefficient (Wildman–Crippen LogP) is 5.80. The van der Waals surface area contributed by atoms with Gasteiger partial charge < -0.3 is 5.32 Å². The predicted molar refractivity (Wildman–Crippen MR) is 101 cm³/mol. The van der Waals surface area contributed by atoms with Crippen molar-refractivity contribution in [1.29, 1.82) is 0 Å². The fourth-order valence-corrected chi connectivity index (χ4v) is 2.69. The largest absolute Gasteiger partial charge is 0.322 e. The first-order chi connectivity index (χ1) is 12.1. The lowest BCUT2D eigenvalue weighted by atomic mass is 10.0. The second-order valence-electron chi connectivity index (χ2n) is 5.37. The van der Waals surface area contributed by atoms with Crippen molar-refractivity contribution in [3.05, 3.63) is 95.3 Å². The van der Waals surface area contributed by atoms with Crippen molar-refractivity contribution in [2.45, 2.75) is 0 Å². The van der Waals surface area contributed by atoms with Crippen LogP contribution in [-0.2, 0) is 4.79 Å². The van der Waals surface area contributed by atoms with E-state index >= 15 is 0 Å². The van der Waals surface area contributed by atoms with Crippen molar-refractivity contribution in [3.63, 3.8) is 0 Å². The van der Waals surface area contributed by atoms with E-state index in [-0.39, 0.29) is 16.5 Å². The molecule has 0 radical (unpaired) electrons. The number of hydrogen-bond donors (Lipinski definition) is 1. The van der Waals surface area contributed by atoms with Gasteiger partial charge in [0.15, 0.2) is 0 Å². The SMILES string of the molecule is O=C(/C=C/c1c(F)cccc1Cl)Nc1ccccc1-c1ccccc1. The maximum atomic E-state index is 13.7. The molecule has 25 heavy (non-hydrogen) atoms. The molecule has 3 aromatic carbocycles. The van der Waals surface area contributed by atoms with Gasteiger partial charge in [-0.05, 0) is 29.8 Å². The summed E-state index contributed by atoms with van der Waals surface area (Å²) >= 11 is 5.96. The van der Waals surface area contributed by atoms with Crippen LogP contribution in [0.25, 0.3) is 17.2 Å². The normalized spacial score (nSPS) is 10.8. The van der Waals surface area contributed by atoms with Gasteiger partial charge in [0.25, 0.3) is 0 Å². The minimum absolute atomic E-state index is 0.190. The summed E-state index contributed by atoms with van der Waals surface area (Å²) in [5, 5.41) is 3.08. The zero-order valence-corrected chi connectivity index (χ0v) is 14.0. The van der Waals surface area contributed by atoms with Crippen LogP contribution in [0.1, 0.15) is 5.56 Å². The maximum Gasteiger partial charge on any atom is 0.248 e. The highest BCUT2D eigenvalue weighted by atomic mass is 35.5. The summed E-state index contributed by atoms with van der Waals surface area (Å²) in [4.78, 5) is 12.2. The lowest BCUT2D eigenvalue weighted by Gasteiger charge is -2.10. The number of carbonyl (C=O) groups is 1. The average Bonchev–Trinajstić information content (AvgIpc) is 2.62. The van der Waals surface area contributed by atoms with Crippen molar-refractivity contribution >= 4 is 29.3 Å². The Morgan fingerprint density at radius 1 is 0.920 bits per heavy atom. The van der Waals surface area contributed by atoms with Crippen molar-refractivity contribution < 1.29 is 9.18 Å². The average molecular weight is 352 g/mol. The van der Waals surface area contributed by atoms with E-state index in [4.69, 9.17) is 11.6 Å². The molecule has 0 aliphatic rings. The Labute approximate surface area is 150 Å². The molecule has 1 amide bonds. The van der Waals surface area contributed by atoms with Gasteiger partial charge in [-0.1, -0.05) is 66.2 Å². The minimum atomic E-state index is -0.471. The lowest BCUT2D eigenvalue weighted by molar-refractivity contribution is -0.111. The zero-order valence-electron chi connectivity index (χ0n) is 13.2. The summed E-state index contributed by atoms with van der Waals surface area (Å²) in [6.45, 7) is 0. The van der Waals surface area contributed by atoms with Gasteiger partial charge in [0.1, 0.15) is 5.82 Å². The van der Waals surface area contributed by atoms with Crippen LogP contribution in [0.15, 0.2) is 78.9 Å². The molecule has 0 spiro atoms. The summed E-state index contributed by atoms with van der Waals surface area (Å²) in [6.07, 6.45) is 2.64. The van der Waals surface area contributed by atoms with E-state index in [2.05, 4.69) is 5.32 Å². The van der Waals surface area contributed by atoms with Crippen LogP contribution < -0.4 is 5.32 Å². The van der Waals surface area contributed by atoms with E-state index < -0.39 is 5.82 Å².